The van der Waals surface area contributed by atoms with E-state index < -0.39 is 0 Å². The van der Waals surface area contributed by atoms with Crippen LogP contribution in [0.3, 0.4) is 0 Å². The van der Waals surface area contributed by atoms with Crippen LogP contribution in [0.25, 0.3) is 0 Å². The second kappa shape index (κ2) is 7.65. The number of rotatable bonds is 5. The van der Waals surface area contributed by atoms with E-state index in [-0.39, 0.29) is 11.8 Å². The van der Waals surface area contributed by atoms with Gasteiger partial charge in [0.25, 0.3) is 11.8 Å². The summed E-state index contributed by atoms with van der Waals surface area (Å²) in [5, 5.41) is 9.24. The van der Waals surface area contributed by atoms with Crippen molar-refractivity contribution in [2.45, 2.75) is 20.4 Å². The van der Waals surface area contributed by atoms with E-state index in [2.05, 4.69) is 15.8 Å². The van der Waals surface area contributed by atoms with Crippen molar-refractivity contribution in [3.05, 3.63) is 82.6 Å². The quantitative estimate of drug-likeness (QED) is 0.739. The molecule has 132 valence electrons. The molecule has 0 atom stereocenters. The predicted molar refractivity (Wildman–Crippen MR) is 98.0 cm³/mol. The first-order valence-electron chi connectivity index (χ1n) is 8.20. The summed E-state index contributed by atoms with van der Waals surface area (Å²) in [5.41, 5.74) is 2.96. The van der Waals surface area contributed by atoms with Crippen molar-refractivity contribution in [3.63, 3.8) is 0 Å². The smallest absolute Gasteiger partial charge is 0.256 e. The lowest BCUT2D eigenvalue weighted by Crippen LogP contribution is -2.23. The largest absolute Gasteiger partial charge is 0.360 e. The van der Waals surface area contributed by atoms with E-state index in [1.807, 2.05) is 31.2 Å². The number of amides is 2. The van der Waals surface area contributed by atoms with E-state index in [0.717, 1.165) is 11.1 Å². The third-order valence-electron chi connectivity index (χ3n) is 3.96. The van der Waals surface area contributed by atoms with Gasteiger partial charge in [-0.3, -0.25) is 9.59 Å². The molecule has 0 unspecified atom stereocenters. The minimum absolute atomic E-state index is 0.236. The van der Waals surface area contributed by atoms with Crippen LogP contribution in [0.15, 0.2) is 59.1 Å². The van der Waals surface area contributed by atoms with E-state index in [4.69, 9.17) is 4.52 Å². The summed E-state index contributed by atoms with van der Waals surface area (Å²) < 4.78 is 4.92. The van der Waals surface area contributed by atoms with Crippen LogP contribution in [0.1, 0.15) is 37.6 Å². The summed E-state index contributed by atoms with van der Waals surface area (Å²) in [5.74, 6) is 0.346. The summed E-state index contributed by atoms with van der Waals surface area (Å²) in [7, 11) is 0. The molecule has 2 aromatic carbocycles. The number of hydrogen-bond donors (Lipinski definition) is 2. The van der Waals surface area contributed by atoms with Crippen LogP contribution in [0, 0.1) is 13.8 Å². The van der Waals surface area contributed by atoms with Crippen molar-refractivity contribution in [3.8, 4) is 0 Å². The number of aromatic nitrogens is 1. The highest BCUT2D eigenvalue weighted by atomic mass is 16.5. The lowest BCUT2D eigenvalue weighted by Gasteiger charge is -2.09. The van der Waals surface area contributed by atoms with Gasteiger partial charge in [-0.25, -0.2) is 0 Å². The van der Waals surface area contributed by atoms with E-state index in [1.54, 1.807) is 37.3 Å². The Bertz CT molecular complexity index is 947. The molecule has 0 spiro atoms. The van der Waals surface area contributed by atoms with Crippen LogP contribution in [-0.4, -0.2) is 17.0 Å². The number of anilines is 1. The molecule has 0 radical (unpaired) electrons. The first kappa shape index (κ1) is 17.4. The molecule has 0 bridgehead atoms. The first-order valence-corrected chi connectivity index (χ1v) is 8.20. The van der Waals surface area contributed by atoms with Gasteiger partial charge in [-0.15, -0.1) is 0 Å². The summed E-state index contributed by atoms with van der Waals surface area (Å²) in [6.45, 7) is 4.17. The highest BCUT2D eigenvalue weighted by Crippen LogP contribution is 2.12. The highest BCUT2D eigenvalue weighted by Gasteiger charge is 2.12. The predicted octanol–water partition coefficient (Wildman–Crippen LogP) is 3.47. The number of aryl methyl sites for hydroxylation is 2. The summed E-state index contributed by atoms with van der Waals surface area (Å²) in [4.78, 5) is 24.7. The monoisotopic (exact) mass is 349 g/mol. The number of nitrogens with zero attached hydrogens (tertiary/aromatic N) is 1. The molecule has 6 heteroatoms. The number of carbonyl (C=O) groups excluding carboxylic acids is 2. The third kappa shape index (κ3) is 4.16. The lowest BCUT2D eigenvalue weighted by molar-refractivity contribution is 0.0951. The average Bonchev–Trinajstić information content (AvgIpc) is 3.05. The van der Waals surface area contributed by atoms with E-state index >= 15 is 0 Å². The molecule has 26 heavy (non-hydrogen) atoms. The Morgan fingerprint density at radius 3 is 2.38 bits per heavy atom. The molecule has 0 fully saturated rings. The van der Waals surface area contributed by atoms with Crippen molar-refractivity contribution in [2.75, 3.05) is 5.32 Å². The van der Waals surface area contributed by atoms with Crippen molar-refractivity contribution in [2.24, 2.45) is 0 Å². The van der Waals surface area contributed by atoms with Crippen LogP contribution < -0.4 is 10.6 Å². The Kier molecular flexibility index (Phi) is 5.12. The number of hydrogen-bond acceptors (Lipinski definition) is 4. The average molecular weight is 349 g/mol. The van der Waals surface area contributed by atoms with Crippen molar-refractivity contribution in [1.29, 1.82) is 0 Å². The van der Waals surface area contributed by atoms with E-state index in [9.17, 15) is 9.59 Å². The molecule has 0 saturated carbocycles. The maximum absolute atomic E-state index is 12.4. The SMILES string of the molecule is Cc1cc(NC(=O)c2cccc(C(=O)NCc3ccccc3C)c2)no1. The van der Waals surface area contributed by atoms with E-state index in [0.29, 0.717) is 29.2 Å². The van der Waals surface area contributed by atoms with Gasteiger partial charge in [-0.2, -0.15) is 0 Å². The van der Waals surface area contributed by atoms with Crippen molar-refractivity contribution < 1.29 is 14.1 Å². The molecule has 1 heterocycles. The Labute approximate surface area is 151 Å². The van der Waals surface area contributed by atoms with Crippen LogP contribution in [0.5, 0.6) is 0 Å². The molecule has 3 aromatic rings. The second-order valence-electron chi connectivity index (χ2n) is 5.97. The van der Waals surface area contributed by atoms with Crippen molar-refractivity contribution in [1.82, 2.24) is 10.5 Å². The van der Waals surface area contributed by atoms with Gasteiger partial charge in [0.15, 0.2) is 5.82 Å². The topological polar surface area (TPSA) is 84.2 Å². The van der Waals surface area contributed by atoms with Crippen LogP contribution in [0.4, 0.5) is 5.82 Å². The van der Waals surface area contributed by atoms with Gasteiger partial charge >= 0.3 is 0 Å². The van der Waals surface area contributed by atoms with Crippen LogP contribution in [-0.2, 0) is 6.54 Å². The molecular weight excluding hydrogens is 330 g/mol. The van der Waals surface area contributed by atoms with Gasteiger partial charge in [0.05, 0.1) is 0 Å². The molecule has 0 saturated heterocycles. The Morgan fingerprint density at radius 2 is 1.69 bits per heavy atom. The minimum Gasteiger partial charge on any atom is -0.360 e. The zero-order valence-corrected chi connectivity index (χ0v) is 14.6. The lowest BCUT2D eigenvalue weighted by atomic mass is 10.1. The molecule has 0 aliphatic heterocycles. The second-order valence-corrected chi connectivity index (χ2v) is 5.97. The Hall–Kier alpha value is -3.41. The Balaban J connectivity index is 1.67. The molecule has 6 nitrogen and oxygen atoms in total. The molecule has 0 aliphatic rings. The highest BCUT2D eigenvalue weighted by molar-refractivity contribution is 6.05. The molecule has 1 aromatic heterocycles. The summed E-state index contributed by atoms with van der Waals surface area (Å²) in [6, 6.07) is 16.0. The standard InChI is InChI=1S/C20H19N3O3/c1-13-6-3-4-7-17(13)12-21-19(24)15-8-5-9-16(11-15)20(25)22-18-10-14(2)26-23-18/h3-11H,12H2,1-2H3,(H,21,24)(H,22,23,25). The maximum atomic E-state index is 12.4. The maximum Gasteiger partial charge on any atom is 0.256 e. The van der Waals surface area contributed by atoms with Gasteiger partial charge in [-0.1, -0.05) is 35.5 Å². The zero-order chi connectivity index (χ0) is 18.5. The van der Waals surface area contributed by atoms with Gasteiger partial charge in [-0.05, 0) is 43.2 Å². The fraction of sp³-hybridized carbons (Fsp3) is 0.150. The van der Waals surface area contributed by atoms with Crippen LogP contribution in [0.2, 0.25) is 0 Å². The van der Waals surface area contributed by atoms with Gasteiger partial charge < -0.3 is 15.2 Å². The molecular formula is C20H19N3O3. The summed E-state index contributed by atoms with van der Waals surface area (Å²) in [6.07, 6.45) is 0. The molecule has 3 rings (SSSR count). The van der Waals surface area contributed by atoms with Gasteiger partial charge in [0.1, 0.15) is 5.76 Å². The van der Waals surface area contributed by atoms with E-state index in [1.165, 1.54) is 0 Å². The molecule has 0 aliphatic carbocycles. The summed E-state index contributed by atoms with van der Waals surface area (Å²) >= 11 is 0. The zero-order valence-electron chi connectivity index (χ0n) is 14.6. The number of nitrogens with one attached hydrogen (secondary N) is 2. The normalized spacial score (nSPS) is 10.4. The van der Waals surface area contributed by atoms with Crippen molar-refractivity contribution >= 4 is 17.6 Å². The van der Waals surface area contributed by atoms with Gasteiger partial charge in [0, 0.05) is 23.7 Å². The van der Waals surface area contributed by atoms with Crippen LogP contribution >= 0.6 is 0 Å². The molecule has 2 amide bonds. The van der Waals surface area contributed by atoms with Gasteiger partial charge in [0.2, 0.25) is 0 Å². The first-order chi connectivity index (χ1) is 12.5. The minimum atomic E-state index is -0.355. The fourth-order valence-electron chi connectivity index (χ4n) is 2.50. The number of benzene rings is 2. The Morgan fingerprint density at radius 1 is 0.962 bits per heavy atom. The third-order valence-corrected chi connectivity index (χ3v) is 3.96. The molecule has 2 N–H and O–H groups in total. The number of carbonyl (C=O) groups is 2. The fourth-order valence-corrected chi connectivity index (χ4v) is 2.50.